The molecule has 0 fully saturated rings. The Morgan fingerprint density at radius 1 is 1.04 bits per heavy atom. The standard InChI is InChI=1S/C18H16F3NO4/c1-11-13(18(19,20)21)8-6-9-14(11)22-10-5-4-7-12(16(23)25-2)15(22)17(24)26-3/h4-10H,1-3H3. The topological polar surface area (TPSA) is 55.8 Å². The number of allylic oxidation sites excluding steroid dienone is 2. The second kappa shape index (κ2) is 7.47. The number of rotatable bonds is 3. The molecule has 8 heteroatoms. The molecule has 2 rings (SSSR count). The quantitative estimate of drug-likeness (QED) is 0.766. The summed E-state index contributed by atoms with van der Waals surface area (Å²) in [7, 11) is 2.25. The van der Waals surface area contributed by atoms with Crippen LogP contribution in [-0.2, 0) is 25.2 Å². The van der Waals surface area contributed by atoms with E-state index in [1.165, 1.54) is 48.4 Å². The van der Waals surface area contributed by atoms with Gasteiger partial charge in [-0.1, -0.05) is 12.1 Å². The number of carbonyl (C=O) groups excluding carboxylic acids is 2. The molecule has 0 radical (unpaired) electrons. The van der Waals surface area contributed by atoms with Crippen LogP contribution in [0.2, 0.25) is 0 Å². The van der Waals surface area contributed by atoms with Crippen molar-refractivity contribution in [3.63, 3.8) is 0 Å². The summed E-state index contributed by atoms with van der Waals surface area (Å²) in [4.78, 5) is 25.6. The lowest BCUT2D eigenvalue weighted by atomic mass is 10.0. The molecule has 0 amide bonds. The molecule has 0 N–H and O–H groups in total. The average Bonchev–Trinajstić information content (AvgIpc) is 2.82. The van der Waals surface area contributed by atoms with Crippen molar-refractivity contribution in [1.29, 1.82) is 0 Å². The van der Waals surface area contributed by atoms with Crippen LogP contribution in [0, 0.1) is 6.92 Å². The monoisotopic (exact) mass is 367 g/mol. The van der Waals surface area contributed by atoms with Gasteiger partial charge in [-0.15, -0.1) is 0 Å². The maximum Gasteiger partial charge on any atom is 0.416 e. The van der Waals surface area contributed by atoms with Crippen molar-refractivity contribution in [2.75, 3.05) is 19.1 Å². The number of anilines is 1. The van der Waals surface area contributed by atoms with Gasteiger partial charge in [-0.05, 0) is 36.8 Å². The third-order valence-electron chi connectivity index (χ3n) is 3.76. The number of nitrogens with zero attached hydrogens (tertiary/aromatic N) is 1. The summed E-state index contributed by atoms with van der Waals surface area (Å²) in [5.41, 5.74) is -1.24. The molecule has 0 bridgehead atoms. The van der Waals surface area contributed by atoms with Crippen molar-refractivity contribution in [1.82, 2.24) is 0 Å². The van der Waals surface area contributed by atoms with E-state index >= 15 is 0 Å². The van der Waals surface area contributed by atoms with Gasteiger partial charge in [0.2, 0.25) is 0 Å². The van der Waals surface area contributed by atoms with Crippen LogP contribution in [0.3, 0.4) is 0 Å². The first-order valence-corrected chi connectivity index (χ1v) is 7.44. The number of benzene rings is 1. The van der Waals surface area contributed by atoms with Crippen molar-refractivity contribution in [2.45, 2.75) is 13.1 Å². The fourth-order valence-electron chi connectivity index (χ4n) is 2.54. The Kier molecular flexibility index (Phi) is 5.54. The maximum absolute atomic E-state index is 13.2. The highest BCUT2D eigenvalue weighted by atomic mass is 19.4. The molecule has 0 saturated carbocycles. The van der Waals surface area contributed by atoms with Crippen LogP contribution < -0.4 is 4.90 Å². The molecule has 0 aliphatic carbocycles. The molecule has 0 unspecified atom stereocenters. The van der Waals surface area contributed by atoms with E-state index in [9.17, 15) is 22.8 Å². The summed E-state index contributed by atoms with van der Waals surface area (Å²) in [5, 5.41) is 0. The smallest absolute Gasteiger partial charge is 0.416 e. The Morgan fingerprint density at radius 2 is 1.69 bits per heavy atom. The Balaban J connectivity index is 2.74. The van der Waals surface area contributed by atoms with Crippen molar-refractivity contribution in [3.05, 3.63) is 65.0 Å². The van der Waals surface area contributed by atoms with E-state index < -0.39 is 23.7 Å². The Labute approximate surface area is 148 Å². The third kappa shape index (κ3) is 3.63. The predicted molar refractivity (Wildman–Crippen MR) is 88.0 cm³/mol. The van der Waals surface area contributed by atoms with Crippen LogP contribution in [0.1, 0.15) is 11.1 Å². The van der Waals surface area contributed by atoms with Crippen molar-refractivity contribution >= 4 is 17.6 Å². The minimum atomic E-state index is -4.56. The van der Waals surface area contributed by atoms with Gasteiger partial charge < -0.3 is 14.4 Å². The van der Waals surface area contributed by atoms with Gasteiger partial charge in [0.05, 0.1) is 25.4 Å². The molecule has 0 aromatic heterocycles. The fourth-order valence-corrected chi connectivity index (χ4v) is 2.54. The number of carbonyl (C=O) groups is 2. The number of alkyl halides is 3. The number of halogens is 3. The van der Waals surface area contributed by atoms with E-state index in [-0.39, 0.29) is 22.5 Å². The van der Waals surface area contributed by atoms with Gasteiger partial charge in [0, 0.05) is 11.9 Å². The van der Waals surface area contributed by atoms with Crippen LogP contribution in [0.15, 0.2) is 53.9 Å². The molecular weight excluding hydrogens is 351 g/mol. The SMILES string of the molecule is COC(=O)C1=C(C(=O)OC)N(c2cccc(C(F)(F)F)c2C)C=CC=C1. The molecule has 0 spiro atoms. The van der Waals surface area contributed by atoms with Gasteiger partial charge >= 0.3 is 18.1 Å². The molecule has 1 aromatic carbocycles. The normalized spacial score (nSPS) is 14.3. The summed E-state index contributed by atoms with van der Waals surface area (Å²) in [6.45, 7) is 1.29. The zero-order valence-electron chi connectivity index (χ0n) is 14.3. The first-order valence-electron chi connectivity index (χ1n) is 7.44. The van der Waals surface area contributed by atoms with Gasteiger partial charge in [0.25, 0.3) is 0 Å². The summed E-state index contributed by atoms with van der Waals surface area (Å²) in [6.07, 6.45) is 1.10. The molecule has 1 aromatic rings. The van der Waals surface area contributed by atoms with Crippen molar-refractivity contribution in [3.8, 4) is 0 Å². The van der Waals surface area contributed by atoms with Gasteiger partial charge in [0.15, 0.2) is 0 Å². The second-order valence-electron chi connectivity index (χ2n) is 5.26. The van der Waals surface area contributed by atoms with Crippen LogP contribution in [0.5, 0.6) is 0 Å². The number of hydrogen-bond acceptors (Lipinski definition) is 5. The minimum Gasteiger partial charge on any atom is -0.465 e. The van der Waals surface area contributed by atoms with E-state index in [2.05, 4.69) is 4.74 Å². The minimum absolute atomic E-state index is 0.0848. The summed E-state index contributed by atoms with van der Waals surface area (Å²) in [6, 6.07) is 3.59. The first kappa shape index (κ1) is 19.3. The molecule has 0 atom stereocenters. The van der Waals surface area contributed by atoms with Crippen molar-refractivity contribution in [2.24, 2.45) is 0 Å². The Hall–Kier alpha value is -3.03. The summed E-state index contributed by atoms with van der Waals surface area (Å²) >= 11 is 0. The van der Waals surface area contributed by atoms with Crippen LogP contribution in [-0.4, -0.2) is 26.2 Å². The summed E-state index contributed by atoms with van der Waals surface area (Å²) in [5.74, 6) is -1.71. The molecule has 1 heterocycles. The van der Waals surface area contributed by atoms with E-state index in [1.807, 2.05) is 0 Å². The highest BCUT2D eigenvalue weighted by molar-refractivity contribution is 6.05. The van der Waals surface area contributed by atoms with Crippen LogP contribution in [0.25, 0.3) is 0 Å². The molecule has 5 nitrogen and oxygen atoms in total. The maximum atomic E-state index is 13.2. The lowest BCUT2D eigenvalue weighted by Gasteiger charge is -2.26. The number of methoxy groups -OCH3 is 2. The molecule has 26 heavy (non-hydrogen) atoms. The van der Waals surface area contributed by atoms with Gasteiger partial charge in [0.1, 0.15) is 5.70 Å². The second-order valence-corrected chi connectivity index (χ2v) is 5.26. The van der Waals surface area contributed by atoms with Gasteiger partial charge in [-0.25, -0.2) is 9.59 Å². The van der Waals surface area contributed by atoms with E-state index in [1.54, 1.807) is 0 Å². The van der Waals surface area contributed by atoms with E-state index in [4.69, 9.17) is 4.74 Å². The largest absolute Gasteiger partial charge is 0.465 e. The molecule has 0 saturated heterocycles. The van der Waals surface area contributed by atoms with Crippen molar-refractivity contribution < 1.29 is 32.2 Å². The van der Waals surface area contributed by atoms with Crippen LogP contribution >= 0.6 is 0 Å². The third-order valence-corrected chi connectivity index (χ3v) is 3.76. The van der Waals surface area contributed by atoms with Crippen LogP contribution in [0.4, 0.5) is 18.9 Å². The Bertz CT molecular complexity index is 822. The highest BCUT2D eigenvalue weighted by Gasteiger charge is 2.35. The molecule has 1 aliphatic rings. The van der Waals surface area contributed by atoms with Gasteiger partial charge in [-0.2, -0.15) is 13.2 Å². The Morgan fingerprint density at radius 3 is 2.27 bits per heavy atom. The molecular formula is C18H16F3NO4. The molecule has 1 aliphatic heterocycles. The zero-order chi connectivity index (χ0) is 19.5. The number of esters is 2. The highest BCUT2D eigenvalue weighted by Crippen LogP contribution is 2.37. The predicted octanol–water partition coefficient (Wildman–Crippen LogP) is 3.50. The first-order chi connectivity index (χ1) is 12.2. The molecule has 138 valence electrons. The number of ether oxygens (including phenoxy) is 2. The lowest BCUT2D eigenvalue weighted by Crippen LogP contribution is -2.28. The van der Waals surface area contributed by atoms with E-state index in [0.717, 1.165) is 20.3 Å². The summed E-state index contributed by atoms with van der Waals surface area (Å²) < 4.78 is 49.1. The van der Waals surface area contributed by atoms with E-state index in [0.29, 0.717) is 0 Å². The average molecular weight is 367 g/mol. The van der Waals surface area contributed by atoms with Gasteiger partial charge in [-0.3, -0.25) is 0 Å². The zero-order valence-corrected chi connectivity index (χ0v) is 14.3. The number of hydrogen-bond donors (Lipinski definition) is 0. The lowest BCUT2D eigenvalue weighted by molar-refractivity contribution is -0.139. The fraction of sp³-hybridized carbons (Fsp3) is 0.222.